The molecule has 1 N–H and O–H groups in total. The summed E-state index contributed by atoms with van der Waals surface area (Å²) in [6, 6.07) is 5.64. The number of nitrogens with one attached hydrogen (secondary N) is 1. The van der Waals surface area contributed by atoms with Crippen LogP contribution in [-0.2, 0) is 12.7 Å². The van der Waals surface area contributed by atoms with Crippen molar-refractivity contribution < 1.29 is 13.2 Å². The third-order valence-electron chi connectivity index (χ3n) is 2.93. The second-order valence-electron chi connectivity index (χ2n) is 4.64. The lowest BCUT2D eigenvalue weighted by Crippen LogP contribution is -2.35. The first-order chi connectivity index (χ1) is 8.30. The normalized spacial score (nSPS) is 13.9. The van der Waals surface area contributed by atoms with Gasteiger partial charge in [-0.15, -0.1) is 0 Å². The number of halogens is 3. The molecule has 1 rings (SSSR count). The molecule has 18 heavy (non-hydrogen) atoms. The highest BCUT2D eigenvalue weighted by atomic mass is 19.4. The number of alkyl halides is 3. The molecule has 0 radical (unpaired) electrons. The molecule has 1 aromatic rings. The van der Waals surface area contributed by atoms with Crippen LogP contribution in [-0.4, -0.2) is 31.6 Å². The molecule has 2 nitrogen and oxygen atoms in total. The highest BCUT2D eigenvalue weighted by Gasteiger charge is 2.29. The van der Waals surface area contributed by atoms with Gasteiger partial charge in [0.15, 0.2) is 0 Å². The Kier molecular flexibility index (Phi) is 5.16. The molecule has 5 heteroatoms. The van der Waals surface area contributed by atoms with Crippen molar-refractivity contribution in [3.05, 3.63) is 35.4 Å². The Morgan fingerprint density at radius 1 is 1.17 bits per heavy atom. The monoisotopic (exact) mass is 260 g/mol. The van der Waals surface area contributed by atoms with Gasteiger partial charge in [-0.1, -0.05) is 12.1 Å². The van der Waals surface area contributed by atoms with Gasteiger partial charge in [0.05, 0.1) is 5.56 Å². The first kappa shape index (κ1) is 15.0. The maximum Gasteiger partial charge on any atom is 0.416 e. The van der Waals surface area contributed by atoms with Crippen LogP contribution in [0.3, 0.4) is 0 Å². The molecular formula is C13H19F3N2. The van der Waals surface area contributed by atoms with E-state index in [9.17, 15) is 13.2 Å². The lowest BCUT2D eigenvalue weighted by Gasteiger charge is -2.20. The summed E-state index contributed by atoms with van der Waals surface area (Å²) in [5.74, 6) is 0. The van der Waals surface area contributed by atoms with E-state index in [1.54, 1.807) is 0 Å². The van der Waals surface area contributed by atoms with E-state index >= 15 is 0 Å². The molecule has 0 aliphatic heterocycles. The van der Waals surface area contributed by atoms with Crippen LogP contribution in [0.1, 0.15) is 18.1 Å². The molecule has 1 atom stereocenters. The van der Waals surface area contributed by atoms with Crippen molar-refractivity contribution in [1.82, 2.24) is 10.2 Å². The van der Waals surface area contributed by atoms with Gasteiger partial charge in [0.1, 0.15) is 0 Å². The van der Waals surface area contributed by atoms with E-state index in [4.69, 9.17) is 0 Å². The summed E-state index contributed by atoms with van der Waals surface area (Å²) in [4.78, 5) is 2.08. The quantitative estimate of drug-likeness (QED) is 0.875. The fourth-order valence-corrected chi connectivity index (χ4v) is 1.42. The molecule has 0 saturated carbocycles. The van der Waals surface area contributed by atoms with Gasteiger partial charge in [-0.25, -0.2) is 0 Å². The fraction of sp³-hybridized carbons (Fsp3) is 0.538. The van der Waals surface area contributed by atoms with Crippen LogP contribution < -0.4 is 5.32 Å². The van der Waals surface area contributed by atoms with Crippen molar-refractivity contribution in [3.8, 4) is 0 Å². The van der Waals surface area contributed by atoms with Crippen molar-refractivity contribution in [2.45, 2.75) is 25.7 Å². The van der Waals surface area contributed by atoms with E-state index in [0.29, 0.717) is 12.6 Å². The number of nitrogens with zero attached hydrogens (tertiary/aromatic N) is 1. The molecule has 0 fully saturated rings. The minimum absolute atomic E-state index is 0.388. The fourth-order valence-electron chi connectivity index (χ4n) is 1.42. The van der Waals surface area contributed by atoms with Gasteiger partial charge in [0.25, 0.3) is 0 Å². The topological polar surface area (TPSA) is 15.3 Å². The number of benzene rings is 1. The zero-order chi connectivity index (χ0) is 13.8. The number of hydrogen-bond acceptors (Lipinski definition) is 2. The van der Waals surface area contributed by atoms with E-state index in [1.165, 1.54) is 12.1 Å². The summed E-state index contributed by atoms with van der Waals surface area (Å²) in [5, 5.41) is 3.22. The van der Waals surface area contributed by atoms with Gasteiger partial charge >= 0.3 is 6.18 Å². The van der Waals surface area contributed by atoms with E-state index in [0.717, 1.165) is 24.2 Å². The van der Waals surface area contributed by atoms with Crippen molar-refractivity contribution in [3.63, 3.8) is 0 Å². The first-order valence-corrected chi connectivity index (χ1v) is 5.84. The summed E-state index contributed by atoms with van der Waals surface area (Å²) >= 11 is 0. The summed E-state index contributed by atoms with van der Waals surface area (Å²) in [6.45, 7) is 3.46. The third kappa shape index (κ3) is 4.66. The molecule has 1 aromatic carbocycles. The number of hydrogen-bond donors (Lipinski definition) is 1. The van der Waals surface area contributed by atoms with Gasteiger partial charge in [-0.05, 0) is 38.7 Å². The van der Waals surface area contributed by atoms with Gasteiger partial charge in [-0.2, -0.15) is 13.2 Å². The Hall–Kier alpha value is -1.07. The summed E-state index contributed by atoms with van der Waals surface area (Å²) in [5.41, 5.74) is 0.252. The summed E-state index contributed by atoms with van der Waals surface area (Å²) in [7, 11) is 3.98. The molecule has 0 heterocycles. The predicted octanol–water partition coefficient (Wildman–Crippen LogP) is 2.75. The Balaban J connectivity index is 2.45. The molecule has 102 valence electrons. The van der Waals surface area contributed by atoms with E-state index in [-0.39, 0.29) is 0 Å². The average Bonchev–Trinajstić information content (AvgIpc) is 2.28. The lowest BCUT2D eigenvalue weighted by molar-refractivity contribution is -0.137. The van der Waals surface area contributed by atoms with E-state index < -0.39 is 11.7 Å². The number of likely N-dealkylation sites (N-methyl/N-ethyl adjacent to an activating group) is 1. The zero-order valence-corrected chi connectivity index (χ0v) is 10.9. The maximum absolute atomic E-state index is 12.3. The van der Waals surface area contributed by atoms with Crippen LogP contribution in [0.25, 0.3) is 0 Å². The summed E-state index contributed by atoms with van der Waals surface area (Å²) in [6.07, 6.45) is -4.26. The Bertz CT molecular complexity index is 357. The first-order valence-electron chi connectivity index (χ1n) is 5.84. The third-order valence-corrected chi connectivity index (χ3v) is 2.93. The van der Waals surface area contributed by atoms with E-state index in [1.807, 2.05) is 14.1 Å². The van der Waals surface area contributed by atoms with Crippen LogP contribution in [0.4, 0.5) is 13.2 Å². The highest BCUT2D eigenvalue weighted by Crippen LogP contribution is 2.28. The average molecular weight is 260 g/mol. The van der Waals surface area contributed by atoms with Crippen LogP contribution in [0.5, 0.6) is 0 Å². The molecule has 0 aliphatic carbocycles. The number of rotatable bonds is 5. The molecule has 0 saturated heterocycles. The maximum atomic E-state index is 12.3. The van der Waals surface area contributed by atoms with Crippen molar-refractivity contribution >= 4 is 0 Å². The van der Waals surface area contributed by atoms with Crippen molar-refractivity contribution in [2.24, 2.45) is 0 Å². The molecule has 0 aliphatic rings. The minimum atomic E-state index is -4.26. The SMILES string of the molecule is CC(CNCc1ccc(C(F)(F)F)cc1)N(C)C. The largest absolute Gasteiger partial charge is 0.416 e. The second kappa shape index (κ2) is 6.20. The molecule has 0 amide bonds. The van der Waals surface area contributed by atoms with Crippen LogP contribution >= 0.6 is 0 Å². The van der Waals surface area contributed by atoms with Crippen LogP contribution in [0, 0.1) is 0 Å². The second-order valence-corrected chi connectivity index (χ2v) is 4.64. The van der Waals surface area contributed by atoms with Crippen LogP contribution in [0.2, 0.25) is 0 Å². The standard InChI is InChI=1S/C13H19F3N2/c1-10(18(2)3)8-17-9-11-4-6-12(7-5-11)13(14,15)16/h4-7,10,17H,8-9H2,1-3H3. The smallest absolute Gasteiger partial charge is 0.311 e. The minimum Gasteiger partial charge on any atom is -0.311 e. The van der Waals surface area contributed by atoms with Crippen molar-refractivity contribution in [2.75, 3.05) is 20.6 Å². The molecule has 0 spiro atoms. The molecule has 0 bridgehead atoms. The van der Waals surface area contributed by atoms with Gasteiger partial charge in [0, 0.05) is 19.1 Å². The van der Waals surface area contributed by atoms with Gasteiger partial charge in [-0.3, -0.25) is 0 Å². The Morgan fingerprint density at radius 3 is 2.17 bits per heavy atom. The highest BCUT2D eigenvalue weighted by molar-refractivity contribution is 5.24. The predicted molar refractivity (Wildman–Crippen MR) is 66.3 cm³/mol. The summed E-state index contributed by atoms with van der Waals surface area (Å²) < 4.78 is 37.0. The van der Waals surface area contributed by atoms with Crippen molar-refractivity contribution in [1.29, 1.82) is 0 Å². The van der Waals surface area contributed by atoms with E-state index in [2.05, 4.69) is 17.1 Å². The molecule has 0 aromatic heterocycles. The molecule has 1 unspecified atom stereocenters. The Morgan fingerprint density at radius 2 is 1.72 bits per heavy atom. The Labute approximate surface area is 106 Å². The van der Waals surface area contributed by atoms with Gasteiger partial charge in [0.2, 0.25) is 0 Å². The zero-order valence-electron chi connectivity index (χ0n) is 10.9. The van der Waals surface area contributed by atoms with Gasteiger partial charge < -0.3 is 10.2 Å². The lowest BCUT2D eigenvalue weighted by atomic mass is 10.1. The molecular weight excluding hydrogens is 241 g/mol. The van der Waals surface area contributed by atoms with Crippen LogP contribution in [0.15, 0.2) is 24.3 Å².